The van der Waals surface area contributed by atoms with Gasteiger partial charge in [0, 0.05) is 0 Å². The number of ether oxygens (including phenoxy) is 5. The first-order chi connectivity index (χ1) is 24.2. The van der Waals surface area contributed by atoms with Crippen LogP contribution in [0, 0.1) is 0 Å². The minimum absolute atomic E-state index is 0.112. The topological polar surface area (TPSA) is 208 Å². The highest BCUT2D eigenvalue weighted by atomic mass is 16.7. The van der Waals surface area contributed by atoms with Gasteiger partial charge >= 0.3 is 29.9 Å². The van der Waals surface area contributed by atoms with Crippen LogP contribution in [0.15, 0.2) is 126 Å². The van der Waals surface area contributed by atoms with Gasteiger partial charge in [-0.25, -0.2) is 29.4 Å². The van der Waals surface area contributed by atoms with Crippen molar-refractivity contribution in [2.75, 3.05) is 6.61 Å². The lowest BCUT2D eigenvalue weighted by Gasteiger charge is -2.44. The molecule has 50 heavy (non-hydrogen) atoms. The maximum Gasteiger partial charge on any atom is 0.338 e. The van der Waals surface area contributed by atoms with Crippen LogP contribution in [0.25, 0.3) is 0 Å². The number of benzene rings is 4. The molecule has 4 aromatic carbocycles. The molecule has 256 valence electrons. The number of carbonyl (C=O) groups is 5. The highest BCUT2D eigenvalue weighted by Crippen LogP contribution is 2.31. The number of nitrogens with one attached hydrogen (secondary N) is 1. The van der Waals surface area contributed by atoms with Crippen molar-refractivity contribution in [3.63, 3.8) is 0 Å². The fraction of sp³-hybridized carbons (Fsp3) is 0.167. The zero-order valence-corrected chi connectivity index (χ0v) is 26.3. The largest absolute Gasteiger partial charge is 0.459 e. The molecule has 5 atom stereocenters. The average Bonchev–Trinajstić information content (AvgIpc) is 3.15. The van der Waals surface area contributed by atoms with Crippen LogP contribution in [0.4, 0.5) is 4.79 Å². The average molecular weight is 681 g/mol. The summed E-state index contributed by atoms with van der Waals surface area (Å²) in [6.07, 6.45) is -7.84. The SMILES string of the molecule is NC(=O)N/N=C(\N)[C@@H]1O[C@H](COC(=O)c2ccccc2)[C@@H](OC(=O)c2ccccc2)[C@H](OC(=O)c2ccccc2)[C@H]1OC(=O)c1ccccc1. The third-order valence-corrected chi connectivity index (χ3v) is 7.37. The lowest BCUT2D eigenvalue weighted by Crippen LogP contribution is -2.65. The van der Waals surface area contributed by atoms with Crippen LogP contribution in [0.2, 0.25) is 0 Å². The maximum absolute atomic E-state index is 13.6. The molecular formula is C36H32N4O10. The molecule has 0 aliphatic carbocycles. The van der Waals surface area contributed by atoms with Gasteiger partial charge in [0.15, 0.2) is 30.3 Å². The number of urea groups is 1. The number of carbonyl (C=O) groups excluding carboxylic acids is 5. The normalized spacial score (nSPS) is 20.1. The van der Waals surface area contributed by atoms with Crippen molar-refractivity contribution in [2.45, 2.75) is 30.5 Å². The molecule has 0 unspecified atom stereocenters. The number of amidine groups is 1. The van der Waals surface area contributed by atoms with Crippen molar-refractivity contribution < 1.29 is 47.7 Å². The van der Waals surface area contributed by atoms with Crippen molar-refractivity contribution in [3.8, 4) is 0 Å². The molecule has 14 heteroatoms. The smallest absolute Gasteiger partial charge is 0.338 e. The van der Waals surface area contributed by atoms with Crippen LogP contribution in [-0.2, 0) is 23.7 Å². The molecule has 5 rings (SSSR count). The summed E-state index contributed by atoms with van der Waals surface area (Å²) >= 11 is 0. The highest BCUT2D eigenvalue weighted by Gasteiger charge is 2.54. The first kappa shape index (κ1) is 34.8. The van der Waals surface area contributed by atoms with Crippen molar-refractivity contribution in [1.82, 2.24) is 5.43 Å². The number of hydrogen-bond donors (Lipinski definition) is 3. The van der Waals surface area contributed by atoms with Gasteiger partial charge in [-0.15, -0.1) is 0 Å². The van der Waals surface area contributed by atoms with Gasteiger partial charge in [0.1, 0.15) is 12.7 Å². The molecular weight excluding hydrogens is 648 g/mol. The summed E-state index contributed by atoms with van der Waals surface area (Å²) in [6, 6.07) is 30.6. The second-order valence-electron chi connectivity index (χ2n) is 10.8. The monoisotopic (exact) mass is 680 g/mol. The van der Waals surface area contributed by atoms with E-state index in [0.717, 1.165) is 0 Å². The van der Waals surface area contributed by atoms with Crippen molar-refractivity contribution >= 4 is 35.7 Å². The van der Waals surface area contributed by atoms with Crippen LogP contribution in [-0.4, -0.2) is 72.9 Å². The van der Waals surface area contributed by atoms with Gasteiger partial charge in [0.05, 0.1) is 22.3 Å². The number of esters is 4. The van der Waals surface area contributed by atoms with Gasteiger partial charge < -0.3 is 35.2 Å². The summed E-state index contributed by atoms with van der Waals surface area (Å²) in [5.74, 6) is -3.84. The molecule has 4 aromatic rings. The Bertz CT molecular complexity index is 1830. The predicted molar refractivity (Wildman–Crippen MR) is 177 cm³/mol. The third-order valence-electron chi connectivity index (χ3n) is 7.37. The minimum atomic E-state index is -1.65. The van der Waals surface area contributed by atoms with E-state index in [4.69, 9.17) is 35.2 Å². The van der Waals surface area contributed by atoms with Crippen molar-refractivity contribution in [2.24, 2.45) is 16.6 Å². The van der Waals surface area contributed by atoms with E-state index in [1.165, 1.54) is 48.5 Å². The minimum Gasteiger partial charge on any atom is -0.459 e. The van der Waals surface area contributed by atoms with E-state index in [2.05, 4.69) is 5.10 Å². The van der Waals surface area contributed by atoms with E-state index >= 15 is 0 Å². The van der Waals surface area contributed by atoms with E-state index < -0.39 is 72.9 Å². The summed E-state index contributed by atoms with van der Waals surface area (Å²) < 4.78 is 29.6. The molecule has 1 aliphatic rings. The molecule has 5 N–H and O–H groups in total. The Balaban J connectivity index is 1.59. The van der Waals surface area contributed by atoms with Crippen LogP contribution in [0.3, 0.4) is 0 Å². The fourth-order valence-electron chi connectivity index (χ4n) is 4.99. The standard InChI is InChI=1S/C36H32N4O10/c37-31(39-40-36(38)45)30-29(50-35(44)25-19-11-4-12-20-25)28(49-34(43)24-17-9-3-10-18-24)27(48-33(42)23-15-7-2-8-16-23)26(47-30)21-46-32(41)22-13-5-1-6-14-22/h1-20,26-30H,21H2,(H2,37,39)(H3,38,40,45)/t26-,27-,28+,29-,30-/m1/s1. The number of nitrogens with two attached hydrogens (primary N) is 2. The molecule has 1 saturated heterocycles. The van der Waals surface area contributed by atoms with E-state index in [1.54, 1.807) is 72.8 Å². The Hall–Kier alpha value is -6.54. The molecule has 0 radical (unpaired) electrons. The number of nitrogens with zero attached hydrogens (tertiary/aromatic N) is 1. The number of amides is 2. The lowest BCUT2D eigenvalue weighted by atomic mass is 9.93. The zero-order valence-electron chi connectivity index (χ0n) is 26.3. The first-order valence-electron chi connectivity index (χ1n) is 15.3. The Labute approximate surface area is 285 Å². The summed E-state index contributed by atoms with van der Waals surface area (Å²) in [4.78, 5) is 65.1. The van der Waals surface area contributed by atoms with E-state index in [-0.39, 0.29) is 22.3 Å². The second-order valence-corrected chi connectivity index (χ2v) is 10.8. The van der Waals surface area contributed by atoms with Crippen molar-refractivity contribution in [1.29, 1.82) is 0 Å². The van der Waals surface area contributed by atoms with E-state index in [1.807, 2.05) is 5.43 Å². The van der Waals surface area contributed by atoms with Gasteiger partial charge in [-0.1, -0.05) is 72.8 Å². The summed E-state index contributed by atoms with van der Waals surface area (Å²) in [5.41, 5.74) is 14.0. The molecule has 1 fully saturated rings. The van der Waals surface area contributed by atoms with Crippen LogP contribution >= 0.6 is 0 Å². The molecule has 2 amide bonds. The molecule has 1 aliphatic heterocycles. The highest BCUT2D eigenvalue weighted by molar-refractivity contribution is 5.93. The Morgan fingerprint density at radius 1 is 0.560 bits per heavy atom. The van der Waals surface area contributed by atoms with E-state index in [0.29, 0.717) is 0 Å². The van der Waals surface area contributed by atoms with Crippen LogP contribution < -0.4 is 16.9 Å². The van der Waals surface area contributed by atoms with E-state index in [9.17, 15) is 24.0 Å². The van der Waals surface area contributed by atoms with Crippen molar-refractivity contribution in [3.05, 3.63) is 144 Å². The third kappa shape index (κ3) is 8.87. The molecule has 0 aromatic heterocycles. The fourth-order valence-corrected chi connectivity index (χ4v) is 4.99. The van der Waals surface area contributed by atoms with Gasteiger partial charge in [-0.05, 0) is 48.5 Å². The first-order valence-corrected chi connectivity index (χ1v) is 15.3. The van der Waals surface area contributed by atoms with Gasteiger partial charge in [0.2, 0.25) is 0 Å². The second kappa shape index (κ2) is 16.5. The van der Waals surface area contributed by atoms with Crippen LogP contribution in [0.1, 0.15) is 41.4 Å². The number of primary amides is 1. The zero-order chi connectivity index (χ0) is 35.5. The van der Waals surface area contributed by atoms with Gasteiger partial charge in [0.25, 0.3) is 0 Å². The molecule has 0 spiro atoms. The predicted octanol–water partition coefficient (Wildman–Crippen LogP) is 3.23. The lowest BCUT2D eigenvalue weighted by molar-refractivity contribution is -0.212. The Morgan fingerprint density at radius 2 is 0.940 bits per heavy atom. The molecule has 0 bridgehead atoms. The van der Waals surface area contributed by atoms with Crippen LogP contribution in [0.5, 0.6) is 0 Å². The summed E-state index contributed by atoms with van der Waals surface area (Å²) in [5, 5.41) is 3.76. The summed E-state index contributed by atoms with van der Waals surface area (Å²) in [7, 11) is 0. The maximum atomic E-state index is 13.6. The quantitative estimate of drug-likeness (QED) is 0.0689. The number of hydrazone groups is 1. The van der Waals surface area contributed by atoms with Gasteiger partial charge in [-0.3, -0.25) is 0 Å². The molecule has 14 nitrogen and oxygen atoms in total. The number of hydrogen-bond acceptors (Lipinski definition) is 11. The Kier molecular flexibility index (Phi) is 11.5. The van der Waals surface area contributed by atoms with Gasteiger partial charge in [-0.2, -0.15) is 5.10 Å². The number of rotatable bonds is 11. The Morgan fingerprint density at radius 3 is 1.36 bits per heavy atom. The molecule has 1 heterocycles. The molecule has 0 saturated carbocycles. The summed E-state index contributed by atoms with van der Waals surface area (Å²) in [6.45, 7) is -0.563.